The maximum Gasteiger partial charge on any atom is 0.193 e. The van der Waals surface area contributed by atoms with Gasteiger partial charge in [0.15, 0.2) is 5.96 Å². The molecule has 3 rings (SSSR count). The summed E-state index contributed by atoms with van der Waals surface area (Å²) in [6.07, 6.45) is 3.66. The molecule has 1 saturated heterocycles. The molecule has 1 atom stereocenters. The van der Waals surface area contributed by atoms with Crippen LogP contribution >= 0.6 is 35.6 Å². The molecule has 7 nitrogen and oxygen atoms in total. The van der Waals surface area contributed by atoms with Gasteiger partial charge in [-0.15, -0.1) is 24.0 Å². The smallest absolute Gasteiger partial charge is 0.193 e. The number of aliphatic imine (C=N–C) groups is 1. The first-order valence-electron chi connectivity index (χ1n) is 8.88. The predicted octanol–water partition coefficient (Wildman–Crippen LogP) is 3.30. The van der Waals surface area contributed by atoms with Gasteiger partial charge in [0.05, 0.1) is 6.54 Å². The number of rotatable bonds is 5. The number of aromatic amines is 1. The lowest BCUT2D eigenvalue weighted by molar-refractivity contribution is 0.220. The molecule has 0 spiro atoms. The molecule has 0 bridgehead atoms. The highest BCUT2D eigenvalue weighted by Gasteiger charge is 2.24. The molecule has 2 N–H and O–H groups in total. The number of hydrogen-bond acceptors (Lipinski definition) is 4. The number of ether oxygens (including phenoxy) is 1. The van der Waals surface area contributed by atoms with E-state index in [1.54, 1.807) is 6.33 Å². The lowest BCUT2D eigenvalue weighted by atomic mass is 9.96. The van der Waals surface area contributed by atoms with Gasteiger partial charge in [-0.3, -0.25) is 10.1 Å². The topological polar surface area (TPSA) is 78.4 Å². The van der Waals surface area contributed by atoms with Crippen LogP contribution in [0.4, 0.5) is 0 Å². The monoisotopic (exact) mass is 504 g/mol. The van der Waals surface area contributed by atoms with Crippen molar-refractivity contribution in [1.82, 2.24) is 25.4 Å². The summed E-state index contributed by atoms with van der Waals surface area (Å²) in [5, 5.41) is 11.0. The number of halogens is 2. The van der Waals surface area contributed by atoms with E-state index in [9.17, 15) is 0 Å². The molecule has 2 aromatic rings. The summed E-state index contributed by atoms with van der Waals surface area (Å²) in [5.41, 5.74) is 0. The first kappa shape index (κ1) is 21.7. The van der Waals surface area contributed by atoms with Gasteiger partial charge in [0.1, 0.15) is 24.0 Å². The van der Waals surface area contributed by atoms with Crippen molar-refractivity contribution in [3.63, 3.8) is 0 Å². The lowest BCUT2D eigenvalue weighted by Crippen LogP contribution is -2.47. The van der Waals surface area contributed by atoms with Crippen LogP contribution in [-0.2, 0) is 0 Å². The molecule has 2 heterocycles. The second kappa shape index (κ2) is 10.7. The zero-order valence-electron chi connectivity index (χ0n) is 15.6. The number of nitrogens with zero attached hydrogens (tertiary/aromatic N) is 4. The molecule has 1 aliphatic heterocycles. The van der Waals surface area contributed by atoms with E-state index in [0.29, 0.717) is 17.5 Å². The van der Waals surface area contributed by atoms with Gasteiger partial charge in [-0.2, -0.15) is 5.10 Å². The number of H-pyrrole nitrogens is 1. The van der Waals surface area contributed by atoms with Crippen molar-refractivity contribution in [2.24, 2.45) is 4.99 Å². The molecule has 1 aromatic carbocycles. The number of piperidine rings is 1. The van der Waals surface area contributed by atoms with Crippen molar-refractivity contribution in [3.05, 3.63) is 41.4 Å². The molecular weight excluding hydrogens is 479 g/mol. The van der Waals surface area contributed by atoms with Gasteiger partial charge in [0.2, 0.25) is 0 Å². The Kier molecular flexibility index (Phi) is 8.62. The van der Waals surface area contributed by atoms with Crippen LogP contribution in [-0.4, -0.2) is 58.8 Å². The van der Waals surface area contributed by atoms with E-state index in [-0.39, 0.29) is 30.1 Å². The average molecular weight is 505 g/mol. The van der Waals surface area contributed by atoms with Crippen LogP contribution in [0.5, 0.6) is 5.75 Å². The standard InChI is InChI=1S/C18H25ClN6O.HI/c1-13(26-16-5-3-15(19)4-6-16)11-21-18(20-2)25-9-7-14(8-10-25)17-22-12-23-24-17;/h3-6,12-14H,7-11H2,1-2H3,(H,20,21)(H,22,23,24);1H. The van der Waals surface area contributed by atoms with Crippen LogP contribution in [0.1, 0.15) is 31.5 Å². The summed E-state index contributed by atoms with van der Waals surface area (Å²) in [5.74, 6) is 3.15. The van der Waals surface area contributed by atoms with Gasteiger partial charge >= 0.3 is 0 Å². The Morgan fingerprint density at radius 3 is 2.67 bits per heavy atom. The molecule has 1 aliphatic rings. The normalized spacial score (nSPS) is 16.6. The van der Waals surface area contributed by atoms with E-state index in [2.05, 4.69) is 30.4 Å². The molecule has 1 aromatic heterocycles. The molecular formula is C18H26ClIN6O. The molecule has 0 radical (unpaired) electrons. The third-order valence-corrected chi connectivity index (χ3v) is 4.78. The van der Waals surface area contributed by atoms with Crippen LogP contribution in [0.3, 0.4) is 0 Å². The van der Waals surface area contributed by atoms with E-state index in [1.165, 1.54) is 0 Å². The van der Waals surface area contributed by atoms with Gasteiger partial charge in [0, 0.05) is 31.1 Å². The van der Waals surface area contributed by atoms with Crippen molar-refractivity contribution in [3.8, 4) is 5.75 Å². The fraction of sp³-hybridized carbons (Fsp3) is 0.500. The van der Waals surface area contributed by atoms with Crippen LogP contribution < -0.4 is 10.1 Å². The summed E-state index contributed by atoms with van der Waals surface area (Å²) >= 11 is 5.90. The van der Waals surface area contributed by atoms with Crippen molar-refractivity contribution in [2.75, 3.05) is 26.7 Å². The maximum absolute atomic E-state index is 5.90. The highest BCUT2D eigenvalue weighted by molar-refractivity contribution is 14.0. The molecule has 148 valence electrons. The first-order chi connectivity index (χ1) is 12.7. The average Bonchev–Trinajstić information content (AvgIpc) is 3.19. The summed E-state index contributed by atoms with van der Waals surface area (Å²) in [6.45, 7) is 4.59. The van der Waals surface area contributed by atoms with Gasteiger partial charge in [-0.1, -0.05) is 11.6 Å². The minimum Gasteiger partial charge on any atom is -0.489 e. The molecule has 9 heteroatoms. The number of nitrogens with one attached hydrogen (secondary N) is 2. The van der Waals surface area contributed by atoms with E-state index in [1.807, 2.05) is 38.2 Å². The van der Waals surface area contributed by atoms with E-state index in [0.717, 1.165) is 43.5 Å². The summed E-state index contributed by atoms with van der Waals surface area (Å²) < 4.78 is 5.90. The Morgan fingerprint density at radius 1 is 1.37 bits per heavy atom. The summed E-state index contributed by atoms with van der Waals surface area (Å²) in [7, 11) is 1.82. The molecule has 0 aliphatic carbocycles. The number of guanidine groups is 1. The van der Waals surface area contributed by atoms with Crippen molar-refractivity contribution in [1.29, 1.82) is 0 Å². The molecule has 1 unspecified atom stereocenters. The highest BCUT2D eigenvalue weighted by Crippen LogP contribution is 2.24. The number of likely N-dealkylation sites (tertiary alicyclic amines) is 1. The number of benzene rings is 1. The minimum absolute atomic E-state index is 0. The summed E-state index contributed by atoms with van der Waals surface area (Å²) in [6, 6.07) is 7.41. The third-order valence-electron chi connectivity index (χ3n) is 4.53. The Balaban J connectivity index is 0.00000261. The van der Waals surface area contributed by atoms with Gasteiger partial charge in [0.25, 0.3) is 0 Å². The van der Waals surface area contributed by atoms with Gasteiger partial charge in [-0.25, -0.2) is 4.98 Å². The molecule has 0 saturated carbocycles. The third kappa shape index (κ3) is 6.24. The Labute approximate surface area is 182 Å². The van der Waals surface area contributed by atoms with Gasteiger partial charge in [-0.05, 0) is 44.0 Å². The highest BCUT2D eigenvalue weighted by atomic mass is 127. The van der Waals surface area contributed by atoms with E-state index >= 15 is 0 Å². The first-order valence-corrected chi connectivity index (χ1v) is 9.26. The van der Waals surface area contributed by atoms with Crippen molar-refractivity contribution in [2.45, 2.75) is 31.8 Å². The Bertz CT molecular complexity index is 701. The largest absolute Gasteiger partial charge is 0.489 e. The van der Waals surface area contributed by atoms with E-state index < -0.39 is 0 Å². The molecule has 1 fully saturated rings. The maximum atomic E-state index is 5.90. The second-order valence-corrected chi connectivity index (χ2v) is 6.88. The SMILES string of the molecule is CN=C(NCC(C)Oc1ccc(Cl)cc1)N1CCC(c2ncn[nH]2)CC1.I. The predicted molar refractivity (Wildman–Crippen MR) is 118 cm³/mol. The lowest BCUT2D eigenvalue weighted by Gasteiger charge is -2.33. The fourth-order valence-electron chi connectivity index (χ4n) is 3.13. The number of hydrogen-bond donors (Lipinski definition) is 2. The minimum atomic E-state index is 0. The fourth-order valence-corrected chi connectivity index (χ4v) is 3.26. The Hall–Kier alpha value is -1.55. The quantitative estimate of drug-likeness (QED) is 0.371. The molecule has 0 amide bonds. The van der Waals surface area contributed by atoms with Gasteiger partial charge < -0.3 is 15.0 Å². The van der Waals surface area contributed by atoms with E-state index in [4.69, 9.17) is 16.3 Å². The summed E-state index contributed by atoms with van der Waals surface area (Å²) in [4.78, 5) is 11.0. The van der Waals surface area contributed by atoms with Crippen LogP contribution in [0, 0.1) is 0 Å². The van der Waals surface area contributed by atoms with Crippen LogP contribution in [0.2, 0.25) is 5.02 Å². The number of aromatic nitrogens is 3. The van der Waals surface area contributed by atoms with Crippen molar-refractivity contribution >= 4 is 41.5 Å². The molecule has 27 heavy (non-hydrogen) atoms. The Morgan fingerprint density at radius 2 is 2.07 bits per heavy atom. The zero-order chi connectivity index (χ0) is 18.4. The zero-order valence-corrected chi connectivity index (χ0v) is 18.6. The van der Waals surface area contributed by atoms with Crippen LogP contribution in [0.25, 0.3) is 0 Å². The second-order valence-electron chi connectivity index (χ2n) is 6.44. The van der Waals surface area contributed by atoms with Crippen LogP contribution in [0.15, 0.2) is 35.6 Å². The van der Waals surface area contributed by atoms with Crippen molar-refractivity contribution < 1.29 is 4.74 Å².